The van der Waals surface area contributed by atoms with E-state index in [1.54, 1.807) is 0 Å². The maximum Gasteiger partial charge on any atom is 0.419 e. The molecule has 3 nitrogen and oxygen atoms in total. The Morgan fingerprint density at radius 1 is 0.871 bits per heavy atom. The molecule has 0 amide bonds. The van der Waals surface area contributed by atoms with Gasteiger partial charge < -0.3 is 5.32 Å². The van der Waals surface area contributed by atoms with Crippen molar-refractivity contribution in [2.45, 2.75) is 65.5 Å². The third-order valence-corrected chi connectivity index (χ3v) is 6.35. The summed E-state index contributed by atoms with van der Waals surface area (Å²) in [4.78, 5) is 26.3. The van der Waals surface area contributed by atoms with Gasteiger partial charge >= 0.3 is 6.18 Å². The molecule has 2 aliphatic carbocycles. The van der Waals surface area contributed by atoms with Gasteiger partial charge in [0, 0.05) is 41.3 Å². The molecule has 0 spiro atoms. The molecule has 0 bridgehead atoms. The molecule has 0 saturated carbocycles. The predicted molar refractivity (Wildman–Crippen MR) is 107 cm³/mol. The number of carbonyl (C=O) groups excluding carboxylic acids is 2. The molecule has 0 aromatic heterocycles. The molecule has 1 heterocycles. The van der Waals surface area contributed by atoms with Crippen LogP contribution in [-0.2, 0) is 15.8 Å². The first-order valence-corrected chi connectivity index (χ1v) is 10.3. The van der Waals surface area contributed by atoms with Gasteiger partial charge in [-0.1, -0.05) is 33.8 Å². The Balaban J connectivity index is 1.91. The number of allylic oxidation sites excluding steroid dienone is 4. The number of alkyl halides is 3. The van der Waals surface area contributed by atoms with Crippen LogP contribution >= 0.6 is 0 Å². The second-order valence-electron chi connectivity index (χ2n) is 10.5. The van der Waals surface area contributed by atoms with Gasteiger partial charge in [0.15, 0.2) is 11.6 Å². The number of rotatable bonds is 1. The van der Waals surface area contributed by atoms with Crippen molar-refractivity contribution in [3.05, 3.63) is 57.7 Å². The van der Waals surface area contributed by atoms with E-state index in [1.165, 1.54) is 6.07 Å². The van der Waals surface area contributed by atoms with Crippen molar-refractivity contribution >= 4 is 11.6 Å². The number of halogens is 4. The van der Waals surface area contributed by atoms with Crippen molar-refractivity contribution in [1.82, 2.24) is 5.32 Å². The summed E-state index contributed by atoms with van der Waals surface area (Å²) in [6.07, 6.45) is -3.16. The number of ketones is 2. The van der Waals surface area contributed by atoms with E-state index in [1.807, 2.05) is 27.7 Å². The minimum Gasteiger partial charge on any atom is -0.362 e. The number of nitrogens with one attached hydrogen (secondary N) is 1. The van der Waals surface area contributed by atoms with E-state index in [4.69, 9.17) is 0 Å². The first-order chi connectivity index (χ1) is 14.2. The maximum atomic E-state index is 14.5. The smallest absolute Gasteiger partial charge is 0.362 e. The summed E-state index contributed by atoms with van der Waals surface area (Å²) in [5.74, 6) is -2.57. The Labute approximate surface area is 178 Å². The summed E-state index contributed by atoms with van der Waals surface area (Å²) >= 11 is 0. The molecule has 4 rings (SSSR count). The SMILES string of the molecule is CC1(C)CC(=O)C2=C(C1)NC1=C(C(=O)CC(C)(C)C1)C2c1ccc(C(F)(F)F)c(F)c1. The number of Topliss-reactive ketones (excluding diaryl/α,β-unsaturated/α-hetero) is 2. The van der Waals surface area contributed by atoms with Crippen LogP contribution in [0, 0.1) is 16.6 Å². The monoisotopic (exact) mass is 435 g/mol. The maximum absolute atomic E-state index is 14.5. The summed E-state index contributed by atoms with van der Waals surface area (Å²) in [6, 6.07) is 2.72. The Hall–Kier alpha value is -2.44. The summed E-state index contributed by atoms with van der Waals surface area (Å²) in [6.45, 7) is 7.90. The average Bonchev–Trinajstić information content (AvgIpc) is 2.56. The van der Waals surface area contributed by atoms with Crippen LogP contribution in [0.25, 0.3) is 0 Å². The van der Waals surface area contributed by atoms with Gasteiger partial charge in [-0.15, -0.1) is 0 Å². The third kappa shape index (κ3) is 3.83. The highest BCUT2D eigenvalue weighted by Crippen LogP contribution is 2.51. The molecule has 31 heavy (non-hydrogen) atoms. The number of carbonyl (C=O) groups is 2. The van der Waals surface area contributed by atoms with Gasteiger partial charge in [-0.2, -0.15) is 13.2 Å². The molecule has 3 aliphatic rings. The van der Waals surface area contributed by atoms with Gasteiger partial charge in [0.2, 0.25) is 0 Å². The minimum atomic E-state index is -4.82. The fourth-order valence-electron chi connectivity index (χ4n) is 5.16. The third-order valence-electron chi connectivity index (χ3n) is 6.35. The van der Waals surface area contributed by atoms with E-state index in [2.05, 4.69) is 5.32 Å². The second kappa shape index (κ2) is 6.78. The normalized spacial score (nSPS) is 23.5. The number of hydrogen-bond acceptors (Lipinski definition) is 3. The molecule has 0 fully saturated rings. The molecule has 7 heteroatoms. The number of hydrogen-bond donors (Lipinski definition) is 1. The number of benzene rings is 1. The summed E-state index contributed by atoms with van der Waals surface area (Å²) in [7, 11) is 0. The molecular formula is C24H25F4NO2. The van der Waals surface area contributed by atoms with E-state index in [-0.39, 0.29) is 40.8 Å². The zero-order chi connectivity index (χ0) is 22.9. The summed E-state index contributed by atoms with van der Waals surface area (Å²) < 4.78 is 53.7. The lowest BCUT2D eigenvalue weighted by molar-refractivity contribution is -0.140. The molecule has 1 aromatic rings. The van der Waals surface area contributed by atoms with Crippen molar-refractivity contribution in [3.63, 3.8) is 0 Å². The molecule has 0 unspecified atom stereocenters. The summed E-state index contributed by atoms with van der Waals surface area (Å²) in [5.41, 5.74) is 0.409. The molecule has 0 saturated heterocycles. The summed E-state index contributed by atoms with van der Waals surface area (Å²) in [5, 5.41) is 3.32. The molecule has 0 radical (unpaired) electrons. The fraction of sp³-hybridized carbons (Fsp3) is 0.500. The van der Waals surface area contributed by atoms with Crippen molar-refractivity contribution < 1.29 is 27.2 Å². The lowest BCUT2D eigenvalue weighted by atomic mass is 9.64. The zero-order valence-corrected chi connectivity index (χ0v) is 18.0. The van der Waals surface area contributed by atoms with Crippen LogP contribution in [0.4, 0.5) is 17.6 Å². The van der Waals surface area contributed by atoms with Crippen LogP contribution in [-0.4, -0.2) is 11.6 Å². The lowest BCUT2D eigenvalue weighted by Crippen LogP contribution is -2.42. The Bertz CT molecular complexity index is 1010. The minimum absolute atomic E-state index is 0.159. The molecule has 1 aromatic carbocycles. The zero-order valence-electron chi connectivity index (χ0n) is 18.0. The first-order valence-electron chi connectivity index (χ1n) is 10.3. The standard InChI is InChI=1S/C24H25F4NO2/c1-22(2)8-15-20(17(30)10-22)19(12-5-6-13(14(25)7-12)24(26,27)28)21-16(29-15)9-23(3,4)11-18(21)31/h5-7,19,29H,8-11H2,1-4H3. The Kier molecular flexibility index (Phi) is 4.76. The van der Waals surface area contributed by atoms with Gasteiger partial charge in [-0.3, -0.25) is 9.59 Å². The van der Waals surface area contributed by atoms with Crippen LogP contribution in [0.3, 0.4) is 0 Å². The van der Waals surface area contributed by atoms with Crippen LogP contribution in [0.1, 0.15) is 70.4 Å². The highest BCUT2D eigenvalue weighted by molar-refractivity contribution is 6.06. The van der Waals surface area contributed by atoms with E-state index in [9.17, 15) is 27.2 Å². The second-order valence-corrected chi connectivity index (χ2v) is 10.5. The molecular weight excluding hydrogens is 410 g/mol. The topological polar surface area (TPSA) is 46.2 Å². The van der Waals surface area contributed by atoms with Crippen LogP contribution in [0.15, 0.2) is 40.7 Å². The van der Waals surface area contributed by atoms with Crippen LogP contribution in [0.5, 0.6) is 0 Å². The van der Waals surface area contributed by atoms with Crippen molar-refractivity contribution in [1.29, 1.82) is 0 Å². The number of dihydropyridines is 1. The largest absolute Gasteiger partial charge is 0.419 e. The van der Waals surface area contributed by atoms with E-state index in [0.29, 0.717) is 41.4 Å². The fourth-order valence-corrected chi connectivity index (χ4v) is 5.16. The van der Waals surface area contributed by atoms with Gasteiger partial charge in [0.25, 0.3) is 0 Å². The molecule has 166 valence electrons. The van der Waals surface area contributed by atoms with Gasteiger partial charge in [-0.25, -0.2) is 4.39 Å². The average molecular weight is 435 g/mol. The van der Waals surface area contributed by atoms with Crippen LogP contribution in [0.2, 0.25) is 0 Å². The first kappa shape index (κ1) is 21.8. The molecule has 0 atom stereocenters. The quantitative estimate of drug-likeness (QED) is 0.566. The van der Waals surface area contributed by atoms with Crippen molar-refractivity contribution in [2.75, 3.05) is 0 Å². The lowest BCUT2D eigenvalue weighted by Gasteiger charge is -2.44. The Morgan fingerprint density at radius 3 is 1.77 bits per heavy atom. The van der Waals surface area contributed by atoms with Crippen molar-refractivity contribution in [3.8, 4) is 0 Å². The highest BCUT2D eigenvalue weighted by Gasteiger charge is 2.46. The van der Waals surface area contributed by atoms with E-state index >= 15 is 0 Å². The molecule has 1 N–H and O–H groups in total. The van der Waals surface area contributed by atoms with Gasteiger partial charge in [-0.05, 0) is 41.4 Å². The van der Waals surface area contributed by atoms with Crippen LogP contribution < -0.4 is 5.32 Å². The van der Waals surface area contributed by atoms with E-state index in [0.717, 1.165) is 6.07 Å². The molecule has 1 aliphatic heterocycles. The van der Waals surface area contributed by atoms with Crippen molar-refractivity contribution in [2.24, 2.45) is 10.8 Å². The van der Waals surface area contributed by atoms with Gasteiger partial charge in [0.1, 0.15) is 5.82 Å². The predicted octanol–water partition coefficient (Wildman–Crippen LogP) is 5.82. The van der Waals surface area contributed by atoms with Gasteiger partial charge in [0.05, 0.1) is 5.56 Å². The van der Waals surface area contributed by atoms with E-state index < -0.39 is 23.5 Å². The highest BCUT2D eigenvalue weighted by atomic mass is 19.4. The Morgan fingerprint density at radius 2 is 1.35 bits per heavy atom.